The predicted octanol–water partition coefficient (Wildman–Crippen LogP) is 3.99. The first kappa shape index (κ1) is 12.1. The topological polar surface area (TPSA) is 38.9 Å². The van der Waals surface area contributed by atoms with Crippen LogP contribution in [-0.4, -0.2) is 10.1 Å². The Kier molecular flexibility index (Phi) is 3.79. The minimum absolute atomic E-state index is 0.178. The Morgan fingerprint density at radius 1 is 1.24 bits per heavy atom. The average Bonchev–Trinajstić information content (AvgIpc) is 2.87. The van der Waals surface area contributed by atoms with E-state index < -0.39 is 0 Å². The molecular weight excluding hydrogens is 236 g/mol. The molecule has 1 unspecified atom stereocenters. The lowest BCUT2D eigenvalue weighted by atomic mass is 10.1. The number of rotatable bonds is 4. The van der Waals surface area contributed by atoms with Crippen molar-refractivity contribution in [1.82, 2.24) is 10.1 Å². The van der Waals surface area contributed by atoms with Crippen LogP contribution in [0.2, 0.25) is 0 Å². The van der Waals surface area contributed by atoms with Crippen LogP contribution in [0.3, 0.4) is 0 Å². The van der Waals surface area contributed by atoms with E-state index in [1.165, 1.54) is 5.56 Å². The average molecular weight is 251 g/mol. The second-order valence-electron chi connectivity index (χ2n) is 3.88. The van der Waals surface area contributed by atoms with Crippen LogP contribution in [-0.2, 0) is 6.42 Å². The Balaban J connectivity index is 2.24. The van der Waals surface area contributed by atoms with Gasteiger partial charge in [-0.15, -0.1) is 11.6 Å². The van der Waals surface area contributed by atoms with Crippen molar-refractivity contribution in [2.45, 2.75) is 32.1 Å². The Hall–Kier alpha value is -1.35. The molecule has 1 aromatic heterocycles. The highest BCUT2D eigenvalue weighted by atomic mass is 35.5. The fraction of sp³-hybridized carbons (Fsp3) is 0.385. The van der Waals surface area contributed by atoms with Crippen molar-refractivity contribution in [2.24, 2.45) is 0 Å². The van der Waals surface area contributed by atoms with Crippen molar-refractivity contribution in [3.63, 3.8) is 0 Å². The molecule has 0 aliphatic heterocycles. The Morgan fingerprint density at radius 2 is 1.94 bits per heavy atom. The number of hydrogen-bond acceptors (Lipinski definition) is 3. The van der Waals surface area contributed by atoms with Gasteiger partial charge in [-0.3, -0.25) is 0 Å². The van der Waals surface area contributed by atoms with Gasteiger partial charge in [-0.05, 0) is 30.5 Å². The highest BCUT2D eigenvalue weighted by Crippen LogP contribution is 2.24. The first-order chi connectivity index (χ1) is 8.24. The van der Waals surface area contributed by atoms with Gasteiger partial charge in [0.05, 0.1) is 5.38 Å². The van der Waals surface area contributed by atoms with Gasteiger partial charge in [0, 0.05) is 5.56 Å². The van der Waals surface area contributed by atoms with Gasteiger partial charge in [0.1, 0.15) is 0 Å². The number of aromatic nitrogens is 2. The smallest absolute Gasteiger partial charge is 0.257 e. The van der Waals surface area contributed by atoms with E-state index in [2.05, 4.69) is 29.2 Å². The summed E-state index contributed by atoms with van der Waals surface area (Å²) in [5, 5.41) is 3.71. The zero-order valence-corrected chi connectivity index (χ0v) is 10.7. The van der Waals surface area contributed by atoms with Crippen molar-refractivity contribution in [3.05, 3.63) is 35.7 Å². The molecule has 0 N–H and O–H groups in total. The first-order valence-corrected chi connectivity index (χ1v) is 6.25. The first-order valence-electron chi connectivity index (χ1n) is 5.81. The predicted molar refractivity (Wildman–Crippen MR) is 68.0 cm³/mol. The van der Waals surface area contributed by atoms with Crippen LogP contribution in [0, 0.1) is 0 Å². The highest BCUT2D eigenvalue weighted by molar-refractivity contribution is 6.20. The van der Waals surface area contributed by atoms with E-state index in [4.69, 9.17) is 16.1 Å². The van der Waals surface area contributed by atoms with E-state index in [1.807, 2.05) is 19.1 Å². The zero-order chi connectivity index (χ0) is 12.3. The van der Waals surface area contributed by atoms with E-state index >= 15 is 0 Å². The standard InChI is InChI=1S/C13H15ClN2O/c1-3-9-5-7-10(8-6-9)13-15-12(16-17-13)11(14)4-2/h5-8,11H,3-4H2,1-2H3. The third-order valence-electron chi connectivity index (χ3n) is 2.69. The summed E-state index contributed by atoms with van der Waals surface area (Å²) < 4.78 is 5.20. The Morgan fingerprint density at radius 3 is 2.53 bits per heavy atom. The lowest BCUT2D eigenvalue weighted by molar-refractivity contribution is 0.421. The fourth-order valence-corrected chi connectivity index (χ4v) is 1.63. The summed E-state index contributed by atoms with van der Waals surface area (Å²) in [6, 6.07) is 8.12. The molecule has 0 spiro atoms. The van der Waals surface area contributed by atoms with Crippen LogP contribution in [0.1, 0.15) is 37.0 Å². The molecule has 2 aromatic rings. The summed E-state index contributed by atoms with van der Waals surface area (Å²) >= 11 is 6.05. The molecule has 1 aromatic carbocycles. The molecule has 0 aliphatic carbocycles. The fourth-order valence-electron chi connectivity index (χ4n) is 1.54. The van der Waals surface area contributed by atoms with Crippen LogP contribution >= 0.6 is 11.6 Å². The minimum Gasteiger partial charge on any atom is -0.334 e. The maximum Gasteiger partial charge on any atom is 0.257 e. The van der Waals surface area contributed by atoms with E-state index in [-0.39, 0.29) is 5.38 Å². The maximum absolute atomic E-state index is 6.05. The lowest BCUT2D eigenvalue weighted by Crippen LogP contribution is -1.90. The molecule has 90 valence electrons. The van der Waals surface area contributed by atoms with Crippen LogP contribution in [0.4, 0.5) is 0 Å². The third-order valence-corrected chi connectivity index (χ3v) is 3.19. The number of nitrogens with zero attached hydrogens (tertiary/aromatic N) is 2. The summed E-state index contributed by atoms with van der Waals surface area (Å²) in [5.41, 5.74) is 2.22. The molecule has 4 heteroatoms. The van der Waals surface area contributed by atoms with Gasteiger partial charge in [-0.25, -0.2) is 0 Å². The van der Waals surface area contributed by atoms with Crippen LogP contribution in [0.5, 0.6) is 0 Å². The Bertz CT molecular complexity index is 478. The van der Waals surface area contributed by atoms with Crippen molar-refractivity contribution >= 4 is 11.6 Å². The van der Waals surface area contributed by atoms with Gasteiger partial charge in [0.25, 0.3) is 5.89 Å². The second kappa shape index (κ2) is 5.32. The van der Waals surface area contributed by atoms with Gasteiger partial charge in [-0.1, -0.05) is 31.1 Å². The number of alkyl halides is 1. The van der Waals surface area contributed by atoms with E-state index in [0.29, 0.717) is 11.7 Å². The van der Waals surface area contributed by atoms with Crippen molar-refractivity contribution < 1.29 is 4.52 Å². The molecule has 1 atom stereocenters. The third kappa shape index (κ3) is 2.67. The van der Waals surface area contributed by atoms with Crippen LogP contribution in [0.15, 0.2) is 28.8 Å². The second-order valence-corrected chi connectivity index (χ2v) is 4.41. The van der Waals surface area contributed by atoms with Crippen molar-refractivity contribution in [3.8, 4) is 11.5 Å². The minimum atomic E-state index is -0.178. The lowest BCUT2D eigenvalue weighted by Gasteiger charge is -1.98. The molecule has 0 amide bonds. The zero-order valence-electron chi connectivity index (χ0n) is 9.98. The normalized spacial score (nSPS) is 12.6. The SMILES string of the molecule is CCc1ccc(-c2nc(C(Cl)CC)no2)cc1. The van der Waals surface area contributed by atoms with Crippen molar-refractivity contribution in [2.75, 3.05) is 0 Å². The largest absolute Gasteiger partial charge is 0.334 e. The van der Waals surface area contributed by atoms with Crippen molar-refractivity contribution in [1.29, 1.82) is 0 Å². The number of aryl methyl sites for hydroxylation is 1. The van der Waals surface area contributed by atoms with Gasteiger partial charge in [0.15, 0.2) is 5.82 Å². The monoisotopic (exact) mass is 250 g/mol. The molecule has 0 fully saturated rings. The Labute approximate surface area is 106 Å². The number of halogens is 1. The molecular formula is C13H15ClN2O. The number of hydrogen-bond donors (Lipinski definition) is 0. The van der Waals surface area contributed by atoms with Gasteiger partial charge < -0.3 is 4.52 Å². The molecule has 2 rings (SSSR count). The molecule has 1 heterocycles. The summed E-state index contributed by atoms with van der Waals surface area (Å²) in [7, 11) is 0. The molecule has 3 nitrogen and oxygen atoms in total. The van der Waals surface area contributed by atoms with E-state index in [0.717, 1.165) is 18.4 Å². The molecule has 0 aliphatic rings. The summed E-state index contributed by atoms with van der Waals surface area (Å²) in [4.78, 5) is 4.30. The summed E-state index contributed by atoms with van der Waals surface area (Å²) in [6.07, 6.45) is 1.81. The van der Waals surface area contributed by atoms with Gasteiger partial charge >= 0.3 is 0 Å². The molecule has 0 radical (unpaired) electrons. The van der Waals surface area contributed by atoms with Crippen LogP contribution < -0.4 is 0 Å². The molecule has 0 saturated carbocycles. The quantitative estimate of drug-likeness (QED) is 0.771. The summed E-state index contributed by atoms with van der Waals surface area (Å²) in [5.74, 6) is 1.09. The molecule has 0 saturated heterocycles. The number of benzene rings is 1. The van der Waals surface area contributed by atoms with Crippen LogP contribution in [0.25, 0.3) is 11.5 Å². The van der Waals surface area contributed by atoms with Gasteiger partial charge in [0.2, 0.25) is 0 Å². The maximum atomic E-state index is 6.05. The molecule has 17 heavy (non-hydrogen) atoms. The van der Waals surface area contributed by atoms with Gasteiger partial charge in [-0.2, -0.15) is 4.98 Å². The van der Waals surface area contributed by atoms with E-state index in [1.54, 1.807) is 0 Å². The highest BCUT2D eigenvalue weighted by Gasteiger charge is 2.14. The summed E-state index contributed by atoms with van der Waals surface area (Å²) in [6.45, 7) is 4.11. The molecule has 0 bridgehead atoms. The van der Waals surface area contributed by atoms with E-state index in [9.17, 15) is 0 Å².